The summed E-state index contributed by atoms with van der Waals surface area (Å²) < 4.78 is 3.38. The minimum Gasteiger partial charge on any atom is -0.350 e. The Kier molecular flexibility index (Phi) is 3.58. The van der Waals surface area contributed by atoms with E-state index in [0.29, 0.717) is 17.8 Å². The number of pyridine rings is 1. The smallest absolute Gasteiger partial charge is 0.255 e. The Morgan fingerprint density at radius 2 is 2.23 bits per heavy atom. The Bertz CT molecular complexity index is 820. The second kappa shape index (κ2) is 5.55. The molecule has 1 unspecified atom stereocenters. The Labute approximate surface area is 127 Å². The zero-order valence-corrected chi connectivity index (χ0v) is 12.7. The van der Waals surface area contributed by atoms with Crippen molar-refractivity contribution in [1.29, 1.82) is 0 Å². The second-order valence-corrected chi connectivity index (χ2v) is 5.30. The van der Waals surface area contributed by atoms with E-state index in [9.17, 15) is 4.79 Å². The molecule has 8 nitrogen and oxygen atoms in total. The number of fused-ring (bicyclic) bond motifs is 1. The SMILES string of the molecule is Cc1cc(C)n(C(C)CNC(=O)c2cccn3nnnc23)n1. The van der Waals surface area contributed by atoms with Crippen LogP contribution >= 0.6 is 0 Å². The van der Waals surface area contributed by atoms with E-state index in [1.807, 2.05) is 31.5 Å². The highest BCUT2D eigenvalue weighted by molar-refractivity contribution is 5.99. The number of carbonyl (C=O) groups excluding carboxylic acids is 1. The normalized spacial score (nSPS) is 12.5. The topological polar surface area (TPSA) is 90.0 Å². The van der Waals surface area contributed by atoms with Crippen molar-refractivity contribution in [3.63, 3.8) is 0 Å². The molecule has 0 aliphatic heterocycles. The van der Waals surface area contributed by atoms with Gasteiger partial charge in [-0.3, -0.25) is 9.48 Å². The zero-order valence-electron chi connectivity index (χ0n) is 12.7. The number of aryl methyl sites for hydroxylation is 2. The van der Waals surface area contributed by atoms with Crippen molar-refractivity contribution in [3.8, 4) is 0 Å². The van der Waals surface area contributed by atoms with E-state index in [-0.39, 0.29) is 11.9 Å². The van der Waals surface area contributed by atoms with Crippen LogP contribution < -0.4 is 5.32 Å². The third kappa shape index (κ3) is 2.54. The molecule has 22 heavy (non-hydrogen) atoms. The van der Waals surface area contributed by atoms with Crippen molar-refractivity contribution in [1.82, 2.24) is 35.1 Å². The fourth-order valence-corrected chi connectivity index (χ4v) is 2.46. The van der Waals surface area contributed by atoms with E-state index in [1.165, 1.54) is 4.52 Å². The van der Waals surface area contributed by atoms with E-state index in [1.54, 1.807) is 18.3 Å². The van der Waals surface area contributed by atoms with Crippen LogP contribution in [0.15, 0.2) is 24.4 Å². The van der Waals surface area contributed by atoms with E-state index in [4.69, 9.17) is 0 Å². The van der Waals surface area contributed by atoms with Crippen molar-refractivity contribution in [2.45, 2.75) is 26.8 Å². The fourth-order valence-electron chi connectivity index (χ4n) is 2.46. The maximum absolute atomic E-state index is 12.3. The van der Waals surface area contributed by atoms with E-state index < -0.39 is 0 Å². The number of aromatic nitrogens is 6. The lowest BCUT2D eigenvalue weighted by molar-refractivity contribution is 0.0949. The lowest BCUT2D eigenvalue weighted by Gasteiger charge is -2.15. The molecule has 0 fully saturated rings. The molecular formula is C14H17N7O. The molecule has 0 aliphatic rings. The third-order valence-corrected chi connectivity index (χ3v) is 3.49. The van der Waals surface area contributed by atoms with Crippen molar-refractivity contribution in [2.75, 3.05) is 6.54 Å². The van der Waals surface area contributed by atoms with Gasteiger partial charge in [-0.1, -0.05) is 0 Å². The summed E-state index contributed by atoms with van der Waals surface area (Å²) in [5.41, 5.74) is 2.94. The molecule has 114 valence electrons. The van der Waals surface area contributed by atoms with Gasteiger partial charge in [-0.15, -0.1) is 5.10 Å². The summed E-state index contributed by atoms with van der Waals surface area (Å²) >= 11 is 0. The fraction of sp³-hybridized carbons (Fsp3) is 0.357. The number of rotatable bonds is 4. The first-order valence-corrected chi connectivity index (χ1v) is 7.04. The number of hydrogen-bond donors (Lipinski definition) is 1. The lowest BCUT2D eigenvalue weighted by Crippen LogP contribution is -2.30. The molecule has 0 aliphatic carbocycles. The van der Waals surface area contributed by atoms with Gasteiger partial charge in [-0.05, 0) is 49.4 Å². The third-order valence-electron chi connectivity index (χ3n) is 3.49. The molecular weight excluding hydrogens is 282 g/mol. The van der Waals surface area contributed by atoms with Crippen molar-refractivity contribution in [2.24, 2.45) is 0 Å². The molecule has 8 heteroatoms. The molecule has 3 aromatic rings. The number of carbonyl (C=O) groups is 1. The summed E-state index contributed by atoms with van der Waals surface area (Å²) in [6.45, 7) is 6.44. The van der Waals surface area contributed by atoms with Gasteiger partial charge in [-0.25, -0.2) is 0 Å². The maximum atomic E-state index is 12.3. The van der Waals surface area contributed by atoms with Gasteiger partial charge < -0.3 is 5.32 Å². The molecule has 0 bridgehead atoms. The summed E-state index contributed by atoms with van der Waals surface area (Å²) in [6, 6.07) is 5.52. The van der Waals surface area contributed by atoms with Gasteiger partial charge >= 0.3 is 0 Å². The van der Waals surface area contributed by atoms with E-state index in [2.05, 4.69) is 25.9 Å². The van der Waals surface area contributed by atoms with Gasteiger partial charge in [0, 0.05) is 18.4 Å². The molecule has 0 spiro atoms. The summed E-state index contributed by atoms with van der Waals surface area (Å²) in [5.74, 6) is -0.200. The first-order chi connectivity index (χ1) is 10.6. The number of nitrogens with one attached hydrogen (secondary N) is 1. The average Bonchev–Trinajstić information content (AvgIpc) is 3.10. The van der Waals surface area contributed by atoms with E-state index in [0.717, 1.165) is 11.4 Å². The highest BCUT2D eigenvalue weighted by Crippen LogP contribution is 2.11. The molecule has 3 rings (SSSR count). The minimum atomic E-state index is -0.200. The van der Waals surface area contributed by atoms with Crippen molar-refractivity contribution in [3.05, 3.63) is 41.3 Å². The van der Waals surface area contributed by atoms with Crippen LogP contribution in [0.25, 0.3) is 5.65 Å². The zero-order chi connectivity index (χ0) is 15.7. The lowest BCUT2D eigenvalue weighted by atomic mass is 10.2. The molecule has 0 aromatic carbocycles. The minimum absolute atomic E-state index is 0.0633. The predicted molar refractivity (Wildman–Crippen MR) is 79.5 cm³/mol. The summed E-state index contributed by atoms with van der Waals surface area (Å²) in [6.07, 6.45) is 1.70. The summed E-state index contributed by atoms with van der Waals surface area (Å²) in [5, 5.41) is 18.6. The van der Waals surface area contributed by atoms with Crippen LogP contribution in [0.5, 0.6) is 0 Å². The van der Waals surface area contributed by atoms with E-state index >= 15 is 0 Å². The Morgan fingerprint density at radius 1 is 1.41 bits per heavy atom. The van der Waals surface area contributed by atoms with Crippen LogP contribution in [-0.2, 0) is 0 Å². The largest absolute Gasteiger partial charge is 0.350 e. The van der Waals surface area contributed by atoms with Gasteiger partial charge in [-0.2, -0.15) is 9.61 Å². The highest BCUT2D eigenvalue weighted by atomic mass is 16.1. The van der Waals surface area contributed by atoms with Gasteiger partial charge in [0.25, 0.3) is 5.91 Å². The van der Waals surface area contributed by atoms with Crippen LogP contribution in [0.4, 0.5) is 0 Å². The van der Waals surface area contributed by atoms with Crippen molar-refractivity contribution < 1.29 is 4.79 Å². The summed E-state index contributed by atoms with van der Waals surface area (Å²) in [7, 11) is 0. The van der Waals surface area contributed by atoms with Gasteiger partial charge in [0.15, 0.2) is 5.65 Å². The number of nitrogens with zero attached hydrogens (tertiary/aromatic N) is 6. The van der Waals surface area contributed by atoms with Crippen LogP contribution in [-0.4, -0.2) is 42.3 Å². The Morgan fingerprint density at radius 3 is 2.95 bits per heavy atom. The Hall–Kier alpha value is -2.77. The first-order valence-electron chi connectivity index (χ1n) is 7.04. The molecule has 1 amide bonds. The van der Waals surface area contributed by atoms with Crippen LogP contribution in [0.3, 0.4) is 0 Å². The first kappa shape index (κ1) is 14.2. The Balaban J connectivity index is 1.72. The predicted octanol–water partition coefficient (Wildman–Crippen LogP) is 0.929. The van der Waals surface area contributed by atoms with Gasteiger partial charge in [0.1, 0.15) is 0 Å². The highest BCUT2D eigenvalue weighted by Gasteiger charge is 2.15. The molecule has 3 aromatic heterocycles. The second-order valence-electron chi connectivity index (χ2n) is 5.30. The molecule has 3 heterocycles. The molecule has 1 N–H and O–H groups in total. The molecule has 0 radical (unpaired) electrons. The molecule has 0 saturated carbocycles. The van der Waals surface area contributed by atoms with Gasteiger partial charge in [0.05, 0.1) is 17.3 Å². The summed E-state index contributed by atoms with van der Waals surface area (Å²) in [4.78, 5) is 12.3. The van der Waals surface area contributed by atoms with Gasteiger partial charge in [0.2, 0.25) is 0 Å². The quantitative estimate of drug-likeness (QED) is 0.774. The molecule has 0 saturated heterocycles. The maximum Gasteiger partial charge on any atom is 0.255 e. The van der Waals surface area contributed by atoms with Crippen LogP contribution in [0, 0.1) is 13.8 Å². The monoisotopic (exact) mass is 299 g/mol. The van der Waals surface area contributed by atoms with Crippen molar-refractivity contribution >= 4 is 11.6 Å². The standard InChI is InChI=1S/C14H17N7O/c1-9-7-10(2)21(17-9)11(3)8-15-14(22)12-5-4-6-20-13(12)16-18-19-20/h4-7,11H,8H2,1-3H3,(H,15,22). The average molecular weight is 299 g/mol. The van der Waals surface area contributed by atoms with Crippen LogP contribution in [0.2, 0.25) is 0 Å². The molecule has 1 atom stereocenters. The number of amides is 1. The number of tetrazole rings is 1. The van der Waals surface area contributed by atoms with Crippen LogP contribution in [0.1, 0.15) is 34.7 Å². The number of hydrogen-bond acceptors (Lipinski definition) is 5.